The predicted octanol–water partition coefficient (Wildman–Crippen LogP) is 1.46. The monoisotopic (exact) mass is 414 g/mol. The third-order valence-electron chi connectivity index (χ3n) is 5.69. The van der Waals surface area contributed by atoms with Crippen molar-refractivity contribution in [3.8, 4) is 0 Å². The molecule has 2 aromatic rings. The second-order valence-corrected chi connectivity index (χ2v) is 7.68. The van der Waals surface area contributed by atoms with E-state index < -0.39 is 11.9 Å². The molecule has 2 aromatic carbocycles. The zero-order chi connectivity index (χ0) is 21.3. The van der Waals surface area contributed by atoms with Gasteiger partial charge in [0.2, 0.25) is 5.91 Å². The second-order valence-electron chi connectivity index (χ2n) is 7.68. The van der Waals surface area contributed by atoms with Gasteiger partial charge in [0.1, 0.15) is 11.6 Å². The van der Waals surface area contributed by atoms with Crippen LogP contribution in [0.15, 0.2) is 48.5 Å². The van der Waals surface area contributed by atoms with Crippen LogP contribution in [0.3, 0.4) is 0 Å². The van der Waals surface area contributed by atoms with Crippen molar-refractivity contribution in [2.24, 2.45) is 0 Å². The van der Waals surface area contributed by atoms with Crippen molar-refractivity contribution < 1.29 is 28.5 Å². The number of hydrogen-bond acceptors (Lipinski definition) is 3. The minimum atomic E-state index is -0.507. The highest BCUT2D eigenvalue weighted by atomic mass is 19.1. The topological polar surface area (TPSA) is 74.3 Å². The lowest BCUT2D eigenvalue weighted by Crippen LogP contribution is -2.97. The molecule has 2 fully saturated rings. The number of halogens is 2. The first-order chi connectivity index (χ1) is 14.4. The average Bonchev–Trinajstić information content (AvgIpc) is 3.02. The number of piperidine rings is 1. The van der Waals surface area contributed by atoms with Gasteiger partial charge in [-0.15, -0.1) is 0 Å². The van der Waals surface area contributed by atoms with E-state index in [4.69, 9.17) is 0 Å². The van der Waals surface area contributed by atoms with Crippen LogP contribution in [0.1, 0.15) is 29.6 Å². The van der Waals surface area contributed by atoms with Gasteiger partial charge >= 0.3 is 0 Å². The maximum absolute atomic E-state index is 13.1. The molecule has 156 valence electrons. The van der Waals surface area contributed by atoms with Crippen molar-refractivity contribution in [1.82, 2.24) is 4.90 Å². The van der Waals surface area contributed by atoms with Crippen LogP contribution in [0.2, 0.25) is 0 Å². The second kappa shape index (κ2) is 8.31. The Kier molecular flexibility index (Phi) is 5.59. The molecule has 2 aliphatic rings. The van der Waals surface area contributed by atoms with E-state index in [-0.39, 0.29) is 36.0 Å². The van der Waals surface area contributed by atoms with E-state index >= 15 is 0 Å². The molecule has 3 amide bonds. The number of rotatable bonds is 4. The SMILES string of the molecule is O=C(c1ccc(F)cc1)N1CCC([NH2+][C@@H]2CC(=O)N(c3ccc(F)cc3)C2=O)CC1. The van der Waals surface area contributed by atoms with Gasteiger partial charge in [-0.2, -0.15) is 0 Å². The van der Waals surface area contributed by atoms with E-state index in [1.165, 1.54) is 48.5 Å². The predicted molar refractivity (Wildman–Crippen MR) is 105 cm³/mol. The Balaban J connectivity index is 1.33. The molecular formula is C22H22F2N3O3+. The van der Waals surface area contributed by atoms with Crippen LogP contribution < -0.4 is 10.2 Å². The standard InChI is InChI=1S/C22H21F2N3O3/c23-15-3-1-14(2-4-15)21(29)26-11-9-17(10-12-26)25-19-13-20(28)27(22(19)30)18-7-5-16(24)6-8-18/h1-8,17,19,25H,9-13H2/p+1/t19-/m1/s1. The highest BCUT2D eigenvalue weighted by Crippen LogP contribution is 2.22. The van der Waals surface area contributed by atoms with Gasteiger partial charge in [0.15, 0.2) is 6.04 Å². The lowest BCUT2D eigenvalue weighted by Gasteiger charge is -2.31. The van der Waals surface area contributed by atoms with Crippen LogP contribution >= 0.6 is 0 Å². The summed E-state index contributed by atoms with van der Waals surface area (Å²) >= 11 is 0. The molecule has 8 heteroatoms. The number of quaternary nitrogens is 1. The van der Waals surface area contributed by atoms with Crippen LogP contribution in [0, 0.1) is 11.6 Å². The molecule has 6 nitrogen and oxygen atoms in total. The number of imide groups is 1. The number of carbonyl (C=O) groups is 3. The molecule has 30 heavy (non-hydrogen) atoms. The summed E-state index contributed by atoms with van der Waals surface area (Å²) in [5.74, 6) is -1.54. The molecule has 0 bridgehead atoms. The largest absolute Gasteiger partial charge is 0.338 e. The summed E-state index contributed by atoms with van der Waals surface area (Å²) < 4.78 is 26.2. The summed E-state index contributed by atoms with van der Waals surface area (Å²) in [6.45, 7) is 1.07. The number of nitrogens with zero attached hydrogens (tertiary/aromatic N) is 2. The molecule has 2 aliphatic heterocycles. The molecule has 4 rings (SSSR count). The summed E-state index contributed by atoms with van der Waals surface area (Å²) in [5, 5.41) is 1.92. The van der Waals surface area contributed by atoms with Gasteiger partial charge in [-0.1, -0.05) is 0 Å². The number of anilines is 1. The lowest BCUT2D eigenvalue weighted by atomic mass is 10.0. The maximum atomic E-state index is 13.1. The van der Waals surface area contributed by atoms with E-state index in [0.29, 0.717) is 37.2 Å². The van der Waals surface area contributed by atoms with Crippen LogP contribution in [-0.4, -0.2) is 47.8 Å². The zero-order valence-electron chi connectivity index (χ0n) is 16.3. The smallest absolute Gasteiger partial charge is 0.292 e. The first-order valence-electron chi connectivity index (χ1n) is 9.94. The van der Waals surface area contributed by atoms with Crippen molar-refractivity contribution in [2.75, 3.05) is 18.0 Å². The highest BCUT2D eigenvalue weighted by molar-refractivity contribution is 6.21. The zero-order valence-corrected chi connectivity index (χ0v) is 16.3. The quantitative estimate of drug-likeness (QED) is 0.770. The Bertz CT molecular complexity index is 955. The van der Waals surface area contributed by atoms with Gasteiger partial charge in [0.05, 0.1) is 18.2 Å². The summed E-state index contributed by atoms with van der Waals surface area (Å²) in [4.78, 5) is 40.5. The van der Waals surface area contributed by atoms with Gasteiger partial charge in [-0.3, -0.25) is 14.4 Å². The lowest BCUT2D eigenvalue weighted by molar-refractivity contribution is -0.709. The van der Waals surface area contributed by atoms with E-state index in [1.54, 1.807) is 4.90 Å². The molecule has 1 atom stereocenters. The van der Waals surface area contributed by atoms with Gasteiger partial charge in [0, 0.05) is 31.5 Å². The van der Waals surface area contributed by atoms with Crippen LogP contribution in [0.5, 0.6) is 0 Å². The fraction of sp³-hybridized carbons (Fsp3) is 0.318. The molecule has 0 spiro atoms. The van der Waals surface area contributed by atoms with Crippen molar-refractivity contribution in [3.05, 3.63) is 65.7 Å². The Morgan fingerprint density at radius 3 is 2.07 bits per heavy atom. The first kappa shape index (κ1) is 20.2. The Labute approximate surface area is 172 Å². The van der Waals surface area contributed by atoms with Crippen molar-refractivity contribution >= 4 is 23.4 Å². The summed E-state index contributed by atoms with van der Waals surface area (Å²) in [6.07, 6.45) is 1.49. The van der Waals surface area contributed by atoms with E-state index in [1.807, 2.05) is 5.32 Å². The third-order valence-corrected chi connectivity index (χ3v) is 5.69. The summed E-state index contributed by atoms with van der Waals surface area (Å²) in [6, 6.07) is 10.4. The van der Waals surface area contributed by atoms with Gasteiger partial charge in [-0.05, 0) is 48.5 Å². The van der Waals surface area contributed by atoms with Crippen LogP contribution in [0.25, 0.3) is 0 Å². The first-order valence-corrected chi connectivity index (χ1v) is 9.94. The average molecular weight is 414 g/mol. The number of hydrogen-bond donors (Lipinski definition) is 1. The van der Waals surface area contributed by atoms with Crippen molar-refractivity contribution in [1.29, 1.82) is 0 Å². The number of likely N-dealkylation sites (tertiary alicyclic amines) is 1. The van der Waals surface area contributed by atoms with E-state index in [9.17, 15) is 23.2 Å². The molecule has 2 heterocycles. The minimum Gasteiger partial charge on any atom is -0.338 e. The molecule has 0 radical (unpaired) electrons. The number of carbonyl (C=O) groups excluding carboxylic acids is 3. The number of nitrogens with two attached hydrogens (primary N) is 1. The van der Waals surface area contributed by atoms with E-state index in [0.717, 1.165) is 4.90 Å². The van der Waals surface area contributed by atoms with Gasteiger partial charge < -0.3 is 10.2 Å². The minimum absolute atomic E-state index is 0.102. The fourth-order valence-corrected chi connectivity index (χ4v) is 4.07. The third kappa shape index (κ3) is 4.09. The van der Waals surface area contributed by atoms with Gasteiger partial charge in [0.25, 0.3) is 11.8 Å². The molecule has 0 saturated carbocycles. The Morgan fingerprint density at radius 2 is 1.47 bits per heavy atom. The van der Waals surface area contributed by atoms with Gasteiger partial charge in [-0.25, -0.2) is 13.7 Å². The molecular weight excluding hydrogens is 392 g/mol. The molecule has 0 aliphatic carbocycles. The molecule has 2 saturated heterocycles. The highest BCUT2D eigenvalue weighted by Gasteiger charge is 2.43. The molecule has 0 unspecified atom stereocenters. The Morgan fingerprint density at radius 1 is 0.900 bits per heavy atom. The summed E-state index contributed by atoms with van der Waals surface area (Å²) in [7, 11) is 0. The number of amides is 3. The number of benzene rings is 2. The van der Waals surface area contributed by atoms with Crippen LogP contribution in [0.4, 0.5) is 14.5 Å². The summed E-state index contributed by atoms with van der Waals surface area (Å²) in [5.41, 5.74) is 0.826. The van der Waals surface area contributed by atoms with E-state index in [2.05, 4.69) is 0 Å². The Hall–Kier alpha value is -3.13. The van der Waals surface area contributed by atoms with Crippen LogP contribution in [-0.2, 0) is 9.59 Å². The maximum Gasteiger partial charge on any atom is 0.292 e. The normalized spacial score (nSPS) is 20.1. The van der Waals surface area contributed by atoms with Crippen molar-refractivity contribution in [2.45, 2.75) is 31.3 Å². The fourth-order valence-electron chi connectivity index (χ4n) is 4.07. The van der Waals surface area contributed by atoms with Crippen molar-refractivity contribution in [3.63, 3.8) is 0 Å². The molecule has 0 aromatic heterocycles. The molecule has 2 N–H and O–H groups in total.